The normalized spacial score (nSPS) is 14.8. The van der Waals surface area contributed by atoms with Gasteiger partial charge in [0.2, 0.25) is 0 Å². The van der Waals surface area contributed by atoms with Crippen LogP contribution in [0.25, 0.3) is 11.3 Å². The van der Waals surface area contributed by atoms with Crippen molar-refractivity contribution in [3.63, 3.8) is 0 Å². The van der Waals surface area contributed by atoms with Gasteiger partial charge in [0.15, 0.2) is 0 Å². The van der Waals surface area contributed by atoms with E-state index in [0.717, 1.165) is 29.7 Å². The quantitative estimate of drug-likeness (QED) is 0.662. The molecule has 1 aromatic heterocycles. The second-order valence-electron chi connectivity index (χ2n) is 8.66. The molecule has 2 aromatic rings. The third kappa shape index (κ3) is 5.75. The first-order valence-electron chi connectivity index (χ1n) is 10.4. The minimum atomic E-state index is -0.492. The van der Waals surface area contributed by atoms with Crippen LogP contribution in [0.2, 0.25) is 0 Å². The highest BCUT2D eigenvalue weighted by Gasteiger charge is 2.27. The number of carbonyl (C=O) groups is 2. The molecule has 1 aliphatic heterocycles. The second kappa shape index (κ2) is 9.37. The lowest BCUT2D eigenvalue weighted by Gasteiger charge is -2.33. The van der Waals surface area contributed by atoms with Crippen LogP contribution in [0.1, 0.15) is 55.5 Å². The summed E-state index contributed by atoms with van der Waals surface area (Å²) in [5.41, 5.74) is 2.63. The van der Waals surface area contributed by atoms with Crippen molar-refractivity contribution in [2.24, 2.45) is 0 Å². The van der Waals surface area contributed by atoms with Crippen molar-refractivity contribution in [1.82, 2.24) is 9.88 Å². The molecule has 3 rings (SSSR count). The van der Waals surface area contributed by atoms with E-state index in [2.05, 4.69) is 4.98 Å². The molecule has 1 aliphatic rings. The van der Waals surface area contributed by atoms with Crippen molar-refractivity contribution >= 4 is 12.1 Å². The number of rotatable bonds is 4. The number of likely N-dealkylation sites (tertiary alicyclic amines) is 1. The van der Waals surface area contributed by atoms with Gasteiger partial charge in [-0.05, 0) is 75.4 Å². The topological polar surface area (TPSA) is 78.0 Å². The van der Waals surface area contributed by atoms with Crippen LogP contribution in [-0.4, -0.2) is 54.9 Å². The maximum absolute atomic E-state index is 12.3. The molecule has 0 atom stereocenters. The predicted octanol–water partition coefficient (Wildman–Crippen LogP) is 4.66. The van der Waals surface area contributed by atoms with Crippen LogP contribution in [0.15, 0.2) is 36.5 Å². The molecule has 1 fully saturated rings. The smallest absolute Gasteiger partial charge is 0.410 e. The van der Waals surface area contributed by atoms with E-state index in [-0.39, 0.29) is 6.09 Å². The van der Waals surface area contributed by atoms with Crippen LogP contribution >= 0.6 is 0 Å². The van der Waals surface area contributed by atoms with Crippen LogP contribution in [0.5, 0.6) is 5.75 Å². The summed E-state index contributed by atoms with van der Waals surface area (Å²) in [6.45, 7) is 6.94. The lowest BCUT2D eigenvalue weighted by molar-refractivity contribution is 0.0204. The number of aromatic nitrogens is 1. The van der Waals surface area contributed by atoms with Crippen LogP contribution in [0.4, 0.5) is 4.79 Å². The van der Waals surface area contributed by atoms with E-state index in [0.29, 0.717) is 30.3 Å². The van der Waals surface area contributed by atoms with Gasteiger partial charge in [-0.25, -0.2) is 9.59 Å². The number of piperidine rings is 1. The molecule has 0 aliphatic carbocycles. The van der Waals surface area contributed by atoms with E-state index >= 15 is 0 Å². The first-order chi connectivity index (χ1) is 14.7. The Morgan fingerprint density at radius 2 is 1.77 bits per heavy atom. The minimum Gasteiger partial charge on any atom is -0.497 e. The molecule has 166 valence electrons. The summed E-state index contributed by atoms with van der Waals surface area (Å²) in [6.07, 6.45) is 3.23. The number of benzene rings is 1. The maximum Gasteiger partial charge on any atom is 0.410 e. The SMILES string of the molecule is COC(=O)c1cc(OC)cc(-c2cc(C3CCN(C(=O)OC(C)(C)C)CC3)ccn2)c1. The number of hydrogen-bond acceptors (Lipinski definition) is 6. The number of nitrogens with zero attached hydrogens (tertiary/aromatic N) is 2. The summed E-state index contributed by atoms with van der Waals surface area (Å²) >= 11 is 0. The van der Waals surface area contributed by atoms with Crippen LogP contribution in [0, 0.1) is 0 Å². The Bertz CT molecular complexity index is 943. The standard InChI is InChI=1S/C24H30N2O5/c1-24(2,3)31-23(28)26-10-7-16(8-11-26)17-6-9-25-21(15-17)18-12-19(22(27)30-5)14-20(13-18)29-4/h6,9,12-16H,7-8,10-11H2,1-5H3. The molecule has 0 bridgehead atoms. The molecule has 7 heteroatoms. The summed E-state index contributed by atoms with van der Waals surface area (Å²) in [5.74, 6) is 0.465. The molecule has 0 radical (unpaired) electrons. The summed E-state index contributed by atoms with van der Waals surface area (Å²) in [7, 11) is 2.91. The molecule has 7 nitrogen and oxygen atoms in total. The first kappa shape index (κ1) is 22.6. The predicted molar refractivity (Wildman–Crippen MR) is 117 cm³/mol. The van der Waals surface area contributed by atoms with Gasteiger partial charge in [0.1, 0.15) is 11.4 Å². The van der Waals surface area contributed by atoms with Crippen molar-refractivity contribution in [2.75, 3.05) is 27.3 Å². The van der Waals surface area contributed by atoms with Gasteiger partial charge in [-0.1, -0.05) is 0 Å². The Balaban J connectivity index is 1.76. The number of methoxy groups -OCH3 is 2. The molecule has 0 N–H and O–H groups in total. The molecule has 0 spiro atoms. The fraction of sp³-hybridized carbons (Fsp3) is 0.458. The largest absolute Gasteiger partial charge is 0.497 e. The molecule has 1 aromatic carbocycles. The molecule has 0 unspecified atom stereocenters. The average Bonchev–Trinajstić information content (AvgIpc) is 2.77. The monoisotopic (exact) mass is 426 g/mol. The Morgan fingerprint density at radius 1 is 1.06 bits per heavy atom. The summed E-state index contributed by atoms with van der Waals surface area (Å²) in [6, 6.07) is 9.31. The fourth-order valence-electron chi connectivity index (χ4n) is 3.68. The van der Waals surface area contributed by atoms with Gasteiger partial charge in [0, 0.05) is 24.8 Å². The first-order valence-corrected chi connectivity index (χ1v) is 10.4. The highest BCUT2D eigenvalue weighted by Crippen LogP contribution is 2.32. The molecule has 2 heterocycles. The van der Waals surface area contributed by atoms with Crippen molar-refractivity contribution in [2.45, 2.75) is 45.1 Å². The number of amides is 1. The lowest BCUT2D eigenvalue weighted by atomic mass is 9.89. The van der Waals surface area contributed by atoms with Gasteiger partial charge in [0.05, 0.1) is 25.5 Å². The highest BCUT2D eigenvalue weighted by atomic mass is 16.6. The van der Waals surface area contributed by atoms with Crippen molar-refractivity contribution in [1.29, 1.82) is 0 Å². The van der Waals surface area contributed by atoms with Crippen LogP contribution < -0.4 is 4.74 Å². The zero-order valence-electron chi connectivity index (χ0n) is 18.8. The average molecular weight is 427 g/mol. The van der Waals surface area contributed by atoms with Gasteiger partial charge in [-0.3, -0.25) is 4.98 Å². The van der Waals surface area contributed by atoms with Crippen LogP contribution in [-0.2, 0) is 9.47 Å². The molecule has 31 heavy (non-hydrogen) atoms. The number of ether oxygens (including phenoxy) is 3. The van der Waals surface area contributed by atoms with Gasteiger partial charge < -0.3 is 19.1 Å². The van der Waals surface area contributed by atoms with Gasteiger partial charge in [-0.2, -0.15) is 0 Å². The Hall–Kier alpha value is -3.09. The zero-order valence-corrected chi connectivity index (χ0v) is 18.8. The molecule has 0 saturated carbocycles. The van der Waals surface area contributed by atoms with E-state index in [1.54, 1.807) is 30.3 Å². The Morgan fingerprint density at radius 3 is 2.39 bits per heavy atom. The van der Waals surface area contributed by atoms with E-state index in [1.807, 2.05) is 39.0 Å². The zero-order chi connectivity index (χ0) is 22.6. The molecular formula is C24H30N2O5. The Labute approximate surface area is 183 Å². The van der Waals surface area contributed by atoms with E-state index in [9.17, 15) is 9.59 Å². The Kier molecular flexibility index (Phi) is 6.83. The molecule has 1 amide bonds. The number of pyridine rings is 1. The minimum absolute atomic E-state index is 0.256. The highest BCUT2D eigenvalue weighted by molar-refractivity contribution is 5.91. The summed E-state index contributed by atoms with van der Waals surface area (Å²) in [5, 5.41) is 0. The number of esters is 1. The third-order valence-electron chi connectivity index (χ3n) is 5.26. The van der Waals surface area contributed by atoms with E-state index < -0.39 is 11.6 Å². The second-order valence-corrected chi connectivity index (χ2v) is 8.66. The van der Waals surface area contributed by atoms with Gasteiger partial charge >= 0.3 is 12.1 Å². The number of carbonyl (C=O) groups excluding carboxylic acids is 2. The van der Waals surface area contributed by atoms with Crippen LogP contribution in [0.3, 0.4) is 0 Å². The van der Waals surface area contributed by atoms with Crippen molar-refractivity contribution in [3.05, 3.63) is 47.7 Å². The fourth-order valence-corrected chi connectivity index (χ4v) is 3.68. The third-order valence-corrected chi connectivity index (χ3v) is 5.26. The summed E-state index contributed by atoms with van der Waals surface area (Å²) < 4.78 is 15.7. The van der Waals surface area contributed by atoms with Crippen molar-refractivity contribution in [3.8, 4) is 17.0 Å². The summed E-state index contributed by atoms with van der Waals surface area (Å²) in [4.78, 5) is 30.6. The van der Waals surface area contributed by atoms with Gasteiger partial charge in [-0.15, -0.1) is 0 Å². The number of hydrogen-bond donors (Lipinski definition) is 0. The van der Waals surface area contributed by atoms with E-state index in [1.165, 1.54) is 7.11 Å². The van der Waals surface area contributed by atoms with Crippen molar-refractivity contribution < 1.29 is 23.8 Å². The van der Waals surface area contributed by atoms with E-state index in [4.69, 9.17) is 14.2 Å². The molecule has 1 saturated heterocycles. The lowest BCUT2D eigenvalue weighted by Crippen LogP contribution is -2.41. The molecular weight excluding hydrogens is 396 g/mol. The maximum atomic E-state index is 12.3. The van der Waals surface area contributed by atoms with Gasteiger partial charge in [0.25, 0.3) is 0 Å².